The number of rotatable bonds is 1. The fourth-order valence-electron chi connectivity index (χ4n) is 2.45. The van der Waals surface area contributed by atoms with Gasteiger partial charge < -0.3 is 9.64 Å². The third-order valence-electron chi connectivity index (χ3n) is 3.11. The number of hydrogen-bond donors (Lipinski definition) is 0. The van der Waals surface area contributed by atoms with Crippen LogP contribution in [0.1, 0.15) is 25.7 Å². The molecule has 72 valence electrons. The Hall–Kier alpha value is -1.06. The van der Waals surface area contributed by atoms with Crippen LogP contribution in [0.25, 0.3) is 0 Å². The Morgan fingerprint density at radius 3 is 3.00 bits per heavy atom. The lowest BCUT2D eigenvalue weighted by Crippen LogP contribution is -2.47. The minimum absolute atomic E-state index is 0.0999. The SMILES string of the molecule is COC(=O)[C@@]12CCCN1C(=O)CC2. The summed E-state index contributed by atoms with van der Waals surface area (Å²) in [6.45, 7) is 0.716. The lowest BCUT2D eigenvalue weighted by Gasteiger charge is -2.28. The van der Waals surface area contributed by atoms with Crippen molar-refractivity contribution < 1.29 is 14.3 Å². The maximum Gasteiger partial charge on any atom is 0.331 e. The van der Waals surface area contributed by atoms with Gasteiger partial charge in [-0.25, -0.2) is 4.79 Å². The highest BCUT2D eigenvalue weighted by Crippen LogP contribution is 2.40. The molecule has 0 aromatic rings. The summed E-state index contributed by atoms with van der Waals surface area (Å²) in [6.07, 6.45) is 2.82. The van der Waals surface area contributed by atoms with Crippen molar-refractivity contribution in [3.8, 4) is 0 Å². The summed E-state index contributed by atoms with van der Waals surface area (Å²) in [5, 5.41) is 0. The molecule has 1 atom stereocenters. The Morgan fingerprint density at radius 1 is 1.54 bits per heavy atom. The van der Waals surface area contributed by atoms with Crippen molar-refractivity contribution in [1.29, 1.82) is 0 Å². The van der Waals surface area contributed by atoms with Crippen LogP contribution >= 0.6 is 0 Å². The third-order valence-corrected chi connectivity index (χ3v) is 3.11. The second-order valence-corrected chi connectivity index (χ2v) is 3.67. The number of ether oxygens (including phenoxy) is 1. The molecule has 0 spiro atoms. The lowest BCUT2D eigenvalue weighted by molar-refractivity contribution is -0.155. The number of methoxy groups -OCH3 is 1. The van der Waals surface area contributed by atoms with Crippen molar-refractivity contribution in [2.75, 3.05) is 13.7 Å². The summed E-state index contributed by atoms with van der Waals surface area (Å²) in [5.41, 5.74) is -0.591. The van der Waals surface area contributed by atoms with Crippen LogP contribution in [0.5, 0.6) is 0 Å². The Bertz CT molecular complexity index is 264. The largest absolute Gasteiger partial charge is 0.467 e. The maximum absolute atomic E-state index is 11.5. The van der Waals surface area contributed by atoms with Crippen LogP contribution in [-0.4, -0.2) is 36.0 Å². The van der Waals surface area contributed by atoms with Gasteiger partial charge >= 0.3 is 5.97 Å². The quantitative estimate of drug-likeness (QED) is 0.550. The predicted octanol–water partition coefficient (Wildman–Crippen LogP) is 0.314. The highest BCUT2D eigenvalue weighted by molar-refractivity contribution is 5.92. The van der Waals surface area contributed by atoms with E-state index in [4.69, 9.17) is 4.74 Å². The van der Waals surface area contributed by atoms with Gasteiger partial charge in [-0.1, -0.05) is 0 Å². The van der Waals surface area contributed by atoms with Gasteiger partial charge in [0.05, 0.1) is 7.11 Å². The van der Waals surface area contributed by atoms with E-state index in [9.17, 15) is 9.59 Å². The molecule has 2 rings (SSSR count). The number of amides is 1. The Kier molecular flexibility index (Phi) is 1.78. The molecule has 13 heavy (non-hydrogen) atoms. The zero-order chi connectivity index (χ0) is 9.47. The Labute approximate surface area is 76.8 Å². The van der Waals surface area contributed by atoms with E-state index in [0.717, 1.165) is 12.8 Å². The molecule has 4 heteroatoms. The highest BCUT2D eigenvalue weighted by Gasteiger charge is 2.54. The number of carbonyl (C=O) groups is 2. The van der Waals surface area contributed by atoms with Crippen LogP contribution < -0.4 is 0 Å². The maximum atomic E-state index is 11.5. The molecular weight excluding hydrogens is 170 g/mol. The van der Waals surface area contributed by atoms with Gasteiger partial charge in [-0.3, -0.25) is 4.79 Å². The smallest absolute Gasteiger partial charge is 0.331 e. The van der Waals surface area contributed by atoms with Crippen LogP contribution in [0.4, 0.5) is 0 Å². The standard InChI is InChI=1S/C9H13NO3/c1-13-8(12)9-4-2-6-10(9)7(11)3-5-9/h2-6H2,1H3/t9-/m0/s1. The van der Waals surface area contributed by atoms with Crippen molar-refractivity contribution in [3.63, 3.8) is 0 Å². The molecule has 0 aromatic carbocycles. The summed E-state index contributed by atoms with van der Waals surface area (Å²) in [6, 6.07) is 0. The van der Waals surface area contributed by atoms with Crippen molar-refractivity contribution >= 4 is 11.9 Å². The molecule has 0 unspecified atom stereocenters. The van der Waals surface area contributed by atoms with Gasteiger partial charge in [-0.05, 0) is 19.3 Å². The molecule has 2 fully saturated rings. The predicted molar refractivity (Wildman–Crippen MR) is 44.9 cm³/mol. The number of hydrogen-bond acceptors (Lipinski definition) is 3. The molecule has 2 saturated heterocycles. The fraction of sp³-hybridized carbons (Fsp3) is 0.778. The molecule has 4 nitrogen and oxygen atoms in total. The topological polar surface area (TPSA) is 46.6 Å². The van der Waals surface area contributed by atoms with Gasteiger partial charge in [0.25, 0.3) is 0 Å². The van der Waals surface area contributed by atoms with Gasteiger partial charge in [0, 0.05) is 13.0 Å². The monoisotopic (exact) mass is 183 g/mol. The van der Waals surface area contributed by atoms with Gasteiger partial charge in [-0.2, -0.15) is 0 Å². The Balaban J connectivity index is 2.30. The average molecular weight is 183 g/mol. The molecule has 2 heterocycles. The summed E-state index contributed by atoms with van der Waals surface area (Å²) >= 11 is 0. The van der Waals surface area contributed by atoms with Gasteiger partial charge in [0.2, 0.25) is 5.91 Å². The summed E-state index contributed by atoms with van der Waals surface area (Å²) in [4.78, 5) is 24.6. The molecule has 0 bridgehead atoms. The number of nitrogens with zero attached hydrogens (tertiary/aromatic N) is 1. The number of esters is 1. The normalized spacial score (nSPS) is 32.1. The molecule has 0 aliphatic carbocycles. The van der Waals surface area contributed by atoms with E-state index in [1.165, 1.54) is 7.11 Å². The van der Waals surface area contributed by atoms with E-state index in [-0.39, 0.29) is 11.9 Å². The minimum atomic E-state index is -0.591. The first kappa shape index (κ1) is 8.53. The third kappa shape index (κ3) is 0.975. The molecular formula is C9H13NO3. The van der Waals surface area contributed by atoms with Gasteiger partial charge in [0.1, 0.15) is 5.54 Å². The molecule has 2 aliphatic rings. The molecule has 1 amide bonds. The fourth-order valence-corrected chi connectivity index (χ4v) is 2.45. The average Bonchev–Trinajstić information content (AvgIpc) is 2.67. The van der Waals surface area contributed by atoms with Crippen LogP contribution in [0, 0.1) is 0 Å². The van der Waals surface area contributed by atoms with E-state index in [1.54, 1.807) is 4.90 Å². The first-order valence-electron chi connectivity index (χ1n) is 4.59. The van der Waals surface area contributed by atoms with E-state index < -0.39 is 5.54 Å². The Morgan fingerprint density at radius 2 is 2.31 bits per heavy atom. The molecule has 0 aromatic heterocycles. The van der Waals surface area contributed by atoms with Crippen molar-refractivity contribution in [2.24, 2.45) is 0 Å². The summed E-state index contributed by atoms with van der Waals surface area (Å²) < 4.78 is 4.75. The van der Waals surface area contributed by atoms with Gasteiger partial charge in [0.15, 0.2) is 0 Å². The molecule has 2 aliphatic heterocycles. The second-order valence-electron chi connectivity index (χ2n) is 3.67. The molecule has 0 saturated carbocycles. The van der Waals surface area contributed by atoms with Crippen LogP contribution in [0.15, 0.2) is 0 Å². The molecule has 0 radical (unpaired) electrons. The van der Waals surface area contributed by atoms with Crippen molar-refractivity contribution in [1.82, 2.24) is 4.90 Å². The van der Waals surface area contributed by atoms with E-state index in [2.05, 4.69) is 0 Å². The van der Waals surface area contributed by atoms with Crippen LogP contribution in [0.2, 0.25) is 0 Å². The highest BCUT2D eigenvalue weighted by atomic mass is 16.5. The summed E-state index contributed by atoms with van der Waals surface area (Å²) in [7, 11) is 1.39. The zero-order valence-corrected chi connectivity index (χ0v) is 7.71. The van der Waals surface area contributed by atoms with Crippen LogP contribution in [-0.2, 0) is 14.3 Å². The lowest BCUT2D eigenvalue weighted by atomic mass is 9.94. The minimum Gasteiger partial charge on any atom is -0.467 e. The van der Waals surface area contributed by atoms with Crippen molar-refractivity contribution in [3.05, 3.63) is 0 Å². The van der Waals surface area contributed by atoms with E-state index >= 15 is 0 Å². The molecule has 0 N–H and O–H groups in total. The van der Waals surface area contributed by atoms with Crippen LogP contribution in [0.3, 0.4) is 0 Å². The number of carbonyl (C=O) groups excluding carboxylic acids is 2. The van der Waals surface area contributed by atoms with E-state index in [0.29, 0.717) is 19.4 Å². The first-order chi connectivity index (χ1) is 6.20. The summed E-state index contributed by atoms with van der Waals surface area (Å²) in [5.74, 6) is -0.140. The van der Waals surface area contributed by atoms with Gasteiger partial charge in [-0.15, -0.1) is 0 Å². The van der Waals surface area contributed by atoms with E-state index in [1.807, 2.05) is 0 Å². The van der Waals surface area contributed by atoms with Crippen molar-refractivity contribution in [2.45, 2.75) is 31.2 Å². The number of fused-ring (bicyclic) bond motifs is 1. The second kappa shape index (κ2) is 2.72. The first-order valence-corrected chi connectivity index (χ1v) is 4.59. The zero-order valence-electron chi connectivity index (χ0n) is 7.71.